The van der Waals surface area contributed by atoms with Crippen molar-refractivity contribution in [2.45, 2.75) is 44.4 Å². The lowest BCUT2D eigenvalue weighted by atomic mass is 9.93. The molecule has 0 aliphatic heterocycles. The topological polar surface area (TPSA) is 93.2 Å². The van der Waals surface area contributed by atoms with Crippen LogP contribution in [0.15, 0.2) is 12.3 Å². The van der Waals surface area contributed by atoms with Crippen molar-refractivity contribution in [3.8, 4) is 0 Å². The van der Waals surface area contributed by atoms with E-state index in [1.54, 1.807) is 12.3 Å². The SMILES string of the molecule is Nc1ccn(CC(=O)NC2CCC(O)CC2)n1. The number of nitrogen functional groups attached to an aromatic ring is 1. The number of nitrogens with zero attached hydrogens (tertiary/aromatic N) is 2. The number of anilines is 1. The number of aliphatic hydroxyl groups excluding tert-OH is 1. The van der Waals surface area contributed by atoms with E-state index in [0.717, 1.165) is 25.7 Å². The first-order valence-electron chi connectivity index (χ1n) is 5.90. The predicted octanol–water partition coefficient (Wildman–Crippen LogP) is -0.115. The van der Waals surface area contributed by atoms with Gasteiger partial charge in [-0.15, -0.1) is 0 Å². The molecule has 1 amide bonds. The molecule has 0 spiro atoms. The van der Waals surface area contributed by atoms with Crippen molar-refractivity contribution in [2.24, 2.45) is 0 Å². The number of carbonyl (C=O) groups excluding carboxylic acids is 1. The maximum absolute atomic E-state index is 11.7. The molecule has 0 aromatic carbocycles. The van der Waals surface area contributed by atoms with Crippen LogP contribution in [0.1, 0.15) is 25.7 Å². The lowest BCUT2D eigenvalue weighted by Crippen LogP contribution is -2.40. The fourth-order valence-electron chi connectivity index (χ4n) is 2.11. The van der Waals surface area contributed by atoms with E-state index in [2.05, 4.69) is 10.4 Å². The van der Waals surface area contributed by atoms with Gasteiger partial charge in [0.15, 0.2) is 0 Å². The molecular formula is C11H18N4O2. The first kappa shape index (κ1) is 11.9. The number of nitrogens with one attached hydrogen (secondary N) is 1. The van der Waals surface area contributed by atoms with Crippen molar-refractivity contribution in [1.82, 2.24) is 15.1 Å². The average Bonchev–Trinajstić information content (AvgIpc) is 2.67. The van der Waals surface area contributed by atoms with Crippen LogP contribution < -0.4 is 11.1 Å². The van der Waals surface area contributed by atoms with E-state index in [1.807, 2.05) is 0 Å². The van der Waals surface area contributed by atoms with E-state index in [9.17, 15) is 9.90 Å². The van der Waals surface area contributed by atoms with E-state index < -0.39 is 0 Å². The number of hydrogen-bond acceptors (Lipinski definition) is 4. The highest BCUT2D eigenvalue weighted by Crippen LogP contribution is 2.18. The Morgan fingerprint density at radius 1 is 1.53 bits per heavy atom. The molecule has 1 heterocycles. The number of rotatable bonds is 3. The van der Waals surface area contributed by atoms with Gasteiger partial charge in [-0.3, -0.25) is 9.48 Å². The molecule has 0 unspecified atom stereocenters. The van der Waals surface area contributed by atoms with Crippen LogP contribution in [0, 0.1) is 0 Å². The van der Waals surface area contributed by atoms with Crippen LogP contribution in [-0.2, 0) is 11.3 Å². The summed E-state index contributed by atoms with van der Waals surface area (Å²) >= 11 is 0. The molecule has 0 radical (unpaired) electrons. The van der Waals surface area contributed by atoms with Crippen LogP contribution in [0.5, 0.6) is 0 Å². The van der Waals surface area contributed by atoms with E-state index in [0.29, 0.717) is 5.82 Å². The van der Waals surface area contributed by atoms with Crippen LogP contribution in [0.25, 0.3) is 0 Å². The van der Waals surface area contributed by atoms with Gasteiger partial charge in [-0.05, 0) is 31.7 Å². The molecule has 6 nitrogen and oxygen atoms in total. The Hall–Kier alpha value is -1.56. The number of hydrogen-bond donors (Lipinski definition) is 3. The third-order valence-electron chi connectivity index (χ3n) is 3.03. The Morgan fingerprint density at radius 3 is 2.82 bits per heavy atom. The normalized spacial score (nSPS) is 24.5. The van der Waals surface area contributed by atoms with Crippen LogP contribution in [-0.4, -0.2) is 32.9 Å². The van der Waals surface area contributed by atoms with E-state index in [-0.39, 0.29) is 24.6 Å². The van der Waals surface area contributed by atoms with Gasteiger partial charge < -0.3 is 16.2 Å². The smallest absolute Gasteiger partial charge is 0.241 e. The third-order valence-corrected chi connectivity index (χ3v) is 3.03. The molecule has 94 valence electrons. The van der Waals surface area contributed by atoms with Gasteiger partial charge in [-0.1, -0.05) is 0 Å². The Bertz CT molecular complexity index is 383. The van der Waals surface area contributed by atoms with Gasteiger partial charge in [-0.2, -0.15) is 5.10 Å². The third kappa shape index (κ3) is 3.45. The average molecular weight is 238 g/mol. The Labute approximate surface area is 99.8 Å². The van der Waals surface area contributed by atoms with Gasteiger partial charge in [0.25, 0.3) is 0 Å². The Kier molecular flexibility index (Phi) is 3.63. The number of nitrogens with two attached hydrogens (primary N) is 1. The summed E-state index contributed by atoms with van der Waals surface area (Å²) in [5.41, 5.74) is 5.46. The maximum Gasteiger partial charge on any atom is 0.241 e. The highest BCUT2D eigenvalue weighted by molar-refractivity contribution is 5.76. The number of aliphatic hydroxyl groups is 1. The lowest BCUT2D eigenvalue weighted by Gasteiger charge is -2.26. The quantitative estimate of drug-likeness (QED) is 0.684. The van der Waals surface area contributed by atoms with Gasteiger partial charge in [0, 0.05) is 12.2 Å². The number of carbonyl (C=O) groups is 1. The zero-order valence-electron chi connectivity index (χ0n) is 9.67. The van der Waals surface area contributed by atoms with Crippen molar-refractivity contribution in [1.29, 1.82) is 0 Å². The van der Waals surface area contributed by atoms with Crippen molar-refractivity contribution < 1.29 is 9.90 Å². The van der Waals surface area contributed by atoms with Gasteiger partial charge in [-0.25, -0.2) is 0 Å². The molecule has 1 aromatic heterocycles. The van der Waals surface area contributed by atoms with Crippen molar-refractivity contribution in [3.05, 3.63) is 12.3 Å². The summed E-state index contributed by atoms with van der Waals surface area (Å²) in [5, 5.41) is 16.3. The molecule has 4 N–H and O–H groups in total. The van der Waals surface area contributed by atoms with Crippen LogP contribution in [0.3, 0.4) is 0 Å². The summed E-state index contributed by atoms with van der Waals surface area (Å²) in [5.74, 6) is 0.355. The molecule has 1 fully saturated rings. The minimum atomic E-state index is -0.200. The highest BCUT2D eigenvalue weighted by atomic mass is 16.3. The maximum atomic E-state index is 11.7. The summed E-state index contributed by atoms with van der Waals surface area (Å²) in [6, 6.07) is 1.84. The Morgan fingerprint density at radius 2 is 2.24 bits per heavy atom. The molecule has 0 atom stereocenters. The molecule has 0 bridgehead atoms. The summed E-state index contributed by atoms with van der Waals surface area (Å²) in [4.78, 5) is 11.7. The second-order valence-electron chi connectivity index (χ2n) is 4.51. The van der Waals surface area contributed by atoms with Gasteiger partial charge >= 0.3 is 0 Å². The van der Waals surface area contributed by atoms with E-state index in [1.165, 1.54) is 4.68 Å². The van der Waals surface area contributed by atoms with Gasteiger partial charge in [0.2, 0.25) is 5.91 Å². The number of aromatic nitrogens is 2. The minimum absolute atomic E-state index is 0.0607. The first-order chi connectivity index (χ1) is 8.13. The summed E-state index contributed by atoms with van der Waals surface area (Å²) in [6.07, 6.45) is 4.69. The molecule has 1 aromatic rings. The fourth-order valence-corrected chi connectivity index (χ4v) is 2.11. The van der Waals surface area contributed by atoms with Crippen LogP contribution >= 0.6 is 0 Å². The second kappa shape index (κ2) is 5.18. The lowest BCUT2D eigenvalue weighted by molar-refractivity contribution is -0.122. The zero-order chi connectivity index (χ0) is 12.3. The molecule has 1 aliphatic carbocycles. The molecule has 6 heteroatoms. The number of amides is 1. The predicted molar refractivity (Wildman–Crippen MR) is 63.0 cm³/mol. The van der Waals surface area contributed by atoms with E-state index in [4.69, 9.17) is 5.73 Å². The summed E-state index contributed by atoms with van der Waals surface area (Å²) in [7, 11) is 0. The molecule has 1 saturated carbocycles. The Balaban J connectivity index is 1.77. The van der Waals surface area contributed by atoms with Crippen molar-refractivity contribution in [3.63, 3.8) is 0 Å². The zero-order valence-corrected chi connectivity index (χ0v) is 9.67. The van der Waals surface area contributed by atoms with E-state index >= 15 is 0 Å². The molecule has 1 aliphatic rings. The standard InChI is InChI=1S/C11H18N4O2/c12-10-5-6-15(14-10)7-11(17)13-8-1-3-9(16)4-2-8/h5-6,8-9,16H,1-4,7H2,(H2,12,14)(H,13,17). The van der Waals surface area contributed by atoms with Crippen LogP contribution in [0.2, 0.25) is 0 Å². The van der Waals surface area contributed by atoms with Gasteiger partial charge in [0.1, 0.15) is 12.4 Å². The van der Waals surface area contributed by atoms with Crippen molar-refractivity contribution >= 4 is 11.7 Å². The largest absolute Gasteiger partial charge is 0.393 e. The minimum Gasteiger partial charge on any atom is -0.393 e. The first-order valence-corrected chi connectivity index (χ1v) is 5.90. The molecule has 2 rings (SSSR count). The monoisotopic (exact) mass is 238 g/mol. The van der Waals surface area contributed by atoms with Crippen molar-refractivity contribution in [2.75, 3.05) is 5.73 Å². The fraction of sp³-hybridized carbons (Fsp3) is 0.636. The molecule has 0 saturated heterocycles. The molecule has 17 heavy (non-hydrogen) atoms. The van der Waals surface area contributed by atoms with Gasteiger partial charge in [0.05, 0.1) is 6.10 Å². The molecular weight excluding hydrogens is 220 g/mol. The summed E-state index contributed by atoms with van der Waals surface area (Å²) < 4.78 is 1.52. The summed E-state index contributed by atoms with van der Waals surface area (Å²) in [6.45, 7) is 0.191. The second-order valence-corrected chi connectivity index (χ2v) is 4.51. The highest BCUT2D eigenvalue weighted by Gasteiger charge is 2.20. The van der Waals surface area contributed by atoms with Crippen LogP contribution in [0.4, 0.5) is 5.82 Å².